The van der Waals surface area contributed by atoms with Crippen LogP contribution in [0, 0.1) is 0 Å². The summed E-state index contributed by atoms with van der Waals surface area (Å²) in [6.07, 6.45) is 3.42. The van der Waals surface area contributed by atoms with Gasteiger partial charge in [0.1, 0.15) is 0 Å². The zero-order valence-corrected chi connectivity index (χ0v) is 11.4. The minimum absolute atomic E-state index is 0.226. The predicted molar refractivity (Wildman–Crippen MR) is 69.3 cm³/mol. The van der Waals surface area contributed by atoms with Crippen LogP contribution in [0.4, 0.5) is 0 Å². The molecule has 0 aliphatic carbocycles. The van der Waals surface area contributed by atoms with Crippen LogP contribution >= 0.6 is 0 Å². The number of likely N-dealkylation sites (N-methyl/N-ethyl adjacent to an activating group) is 2. The number of hydrogen-bond acceptors (Lipinski definition) is 2. The van der Waals surface area contributed by atoms with Crippen molar-refractivity contribution in [2.45, 2.75) is 51.6 Å². The van der Waals surface area contributed by atoms with Crippen molar-refractivity contribution in [2.75, 3.05) is 21.1 Å². The number of rotatable bonds is 7. The molecule has 2 atom stereocenters. The maximum absolute atomic E-state index is 3.97. The van der Waals surface area contributed by atoms with Crippen LogP contribution in [0.3, 0.4) is 0 Å². The first-order valence-corrected chi connectivity index (χ1v) is 5.87. The molecule has 2 heteroatoms. The van der Waals surface area contributed by atoms with Crippen molar-refractivity contribution in [3.05, 3.63) is 12.2 Å². The Morgan fingerprint density at radius 2 is 2.00 bits per heavy atom. The molecule has 0 spiro atoms. The van der Waals surface area contributed by atoms with Gasteiger partial charge >= 0.3 is 0 Å². The van der Waals surface area contributed by atoms with E-state index in [4.69, 9.17) is 0 Å². The first-order valence-electron chi connectivity index (χ1n) is 5.87. The SMILES string of the molecule is C=C(C)CCC(NC)C(C)(CC)N(C)C. The largest absolute Gasteiger partial charge is 0.315 e. The lowest BCUT2D eigenvalue weighted by atomic mass is 9.84. The van der Waals surface area contributed by atoms with E-state index in [1.807, 2.05) is 0 Å². The summed E-state index contributed by atoms with van der Waals surface area (Å²) in [6, 6.07) is 0.522. The van der Waals surface area contributed by atoms with E-state index in [0.29, 0.717) is 6.04 Å². The van der Waals surface area contributed by atoms with Crippen LogP contribution in [0.15, 0.2) is 12.2 Å². The molecule has 0 heterocycles. The van der Waals surface area contributed by atoms with Gasteiger partial charge in [-0.3, -0.25) is 0 Å². The number of allylic oxidation sites excluding steroid dienone is 1. The van der Waals surface area contributed by atoms with Crippen molar-refractivity contribution >= 4 is 0 Å². The molecular weight excluding hydrogens is 184 g/mol. The second-order valence-electron chi connectivity index (χ2n) is 4.94. The minimum atomic E-state index is 0.226. The van der Waals surface area contributed by atoms with Gasteiger partial charge in [0.05, 0.1) is 0 Å². The molecule has 0 saturated heterocycles. The molecule has 90 valence electrons. The van der Waals surface area contributed by atoms with Crippen LogP contribution in [-0.4, -0.2) is 37.6 Å². The number of hydrogen-bond donors (Lipinski definition) is 1. The summed E-state index contributed by atoms with van der Waals surface area (Å²) in [5.74, 6) is 0. The van der Waals surface area contributed by atoms with Gasteiger partial charge in [-0.25, -0.2) is 0 Å². The average molecular weight is 212 g/mol. The van der Waals surface area contributed by atoms with Crippen LogP contribution < -0.4 is 5.32 Å². The lowest BCUT2D eigenvalue weighted by molar-refractivity contribution is 0.112. The molecule has 0 amide bonds. The maximum atomic E-state index is 3.97. The van der Waals surface area contributed by atoms with Crippen LogP contribution in [0.5, 0.6) is 0 Å². The standard InChI is InChI=1S/C13H28N2/c1-8-13(4,15(6)7)12(14-5)10-9-11(2)3/h12,14H,2,8-10H2,1,3-7H3. The predicted octanol–water partition coefficient (Wildman–Crippen LogP) is 2.66. The summed E-state index contributed by atoms with van der Waals surface area (Å²) >= 11 is 0. The van der Waals surface area contributed by atoms with Crippen molar-refractivity contribution in [2.24, 2.45) is 0 Å². The fourth-order valence-corrected chi connectivity index (χ4v) is 2.03. The van der Waals surface area contributed by atoms with Gasteiger partial charge in [0.15, 0.2) is 0 Å². The molecule has 0 aliphatic heterocycles. The highest BCUT2D eigenvalue weighted by molar-refractivity contribution is 4.97. The summed E-state index contributed by atoms with van der Waals surface area (Å²) in [6.45, 7) is 10.7. The smallest absolute Gasteiger partial charge is 0.0325 e. The molecule has 1 N–H and O–H groups in total. The van der Waals surface area contributed by atoms with Crippen LogP contribution in [0.2, 0.25) is 0 Å². The van der Waals surface area contributed by atoms with Crippen molar-refractivity contribution in [3.8, 4) is 0 Å². The van der Waals surface area contributed by atoms with E-state index in [2.05, 4.69) is 58.7 Å². The zero-order valence-electron chi connectivity index (χ0n) is 11.4. The summed E-state index contributed by atoms with van der Waals surface area (Å²) < 4.78 is 0. The first-order chi connectivity index (χ1) is 6.88. The summed E-state index contributed by atoms with van der Waals surface area (Å²) in [7, 11) is 6.38. The quantitative estimate of drug-likeness (QED) is 0.653. The third-order valence-corrected chi connectivity index (χ3v) is 3.70. The highest BCUT2D eigenvalue weighted by Crippen LogP contribution is 2.24. The van der Waals surface area contributed by atoms with Crippen LogP contribution in [0.1, 0.15) is 40.0 Å². The number of nitrogens with zero attached hydrogens (tertiary/aromatic N) is 1. The van der Waals surface area contributed by atoms with Gasteiger partial charge < -0.3 is 10.2 Å². The van der Waals surface area contributed by atoms with Gasteiger partial charge in [-0.15, -0.1) is 6.58 Å². The Hall–Kier alpha value is -0.340. The molecule has 0 saturated carbocycles. The fourth-order valence-electron chi connectivity index (χ4n) is 2.03. The Kier molecular flexibility index (Phi) is 6.15. The van der Waals surface area contributed by atoms with E-state index in [1.165, 1.54) is 5.57 Å². The van der Waals surface area contributed by atoms with Crippen molar-refractivity contribution in [1.29, 1.82) is 0 Å². The molecule has 0 rings (SSSR count). The fraction of sp³-hybridized carbons (Fsp3) is 0.846. The van der Waals surface area contributed by atoms with E-state index in [9.17, 15) is 0 Å². The molecule has 0 aromatic rings. The lowest BCUT2D eigenvalue weighted by Gasteiger charge is -2.42. The van der Waals surface area contributed by atoms with E-state index in [-0.39, 0.29) is 5.54 Å². The Bertz CT molecular complexity index is 199. The Morgan fingerprint density at radius 3 is 2.27 bits per heavy atom. The van der Waals surface area contributed by atoms with Gasteiger partial charge in [-0.05, 0) is 54.3 Å². The van der Waals surface area contributed by atoms with Crippen molar-refractivity contribution in [3.63, 3.8) is 0 Å². The molecule has 0 aromatic carbocycles. The van der Waals surface area contributed by atoms with Gasteiger partial charge in [-0.1, -0.05) is 12.5 Å². The molecular formula is C13H28N2. The van der Waals surface area contributed by atoms with Crippen molar-refractivity contribution < 1.29 is 0 Å². The Labute approximate surface area is 95.7 Å². The van der Waals surface area contributed by atoms with Gasteiger partial charge in [0.2, 0.25) is 0 Å². The Morgan fingerprint density at radius 1 is 1.47 bits per heavy atom. The van der Waals surface area contributed by atoms with Gasteiger partial charge in [0.25, 0.3) is 0 Å². The minimum Gasteiger partial charge on any atom is -0.315 e. The highest BCUT2D eigenvalue weighted by Gasteiger charge is 2.33. The number of nitrogens with one attached hydrogen (secondary N) is 1. The third-order valence-electron chi connectivity index (χ3n) is 3.70. The first kappa shape index (κ1) is 14.7. The molecule has 0 aliphatic rings. The average Bonchev–Trinajstić information content (AvgIpc) is 2.17. The summed E-state index contributed by atoms with van der Waals surface area (Å²) in [5, 5.41) is 3.45. The zero-order chi connectivity index (χ0) is 12.1. The molecule has 2 nitrogen and oxygen atoms in total. The molecule has 0 radical (unpaired) electrons. The molecule has 15 heavy (non-hydrogen) atoms. The van der Waals surface area contributed by atoms with Crippen LogP contribution in [0.25, 0.3) is 0 Å². The van der Waals surface area contributed by atoms with Crippen LogP contribution in [-0.2, 0) is 0 Å². The van der Waals surface area contributed by atoms with E-state index in [1.54, 1.807) is 0 Å². The topological polar surface area (TPSA) is 15.3 Å². The lowest BCUT2D eigenvalue weighted by Crippen LogP contribution is -2.55. The van der Waals surface area contributed by atoms with Gasteiger partial charge in [0, 0.05) is 11.6 Å². The van der Waals surface area contributed by atoms with Gasteiger partial charge in [-0.2, -0.15) is 0 Å². The van der Waals surface area contributed by atoms with E-state index >= 15 is 0 Å². The summed E-state index contributed by atoms with van der Waals surface area (Å²) in [5.41, 5.74) is 1.50. The second-order valence-corrected chi connectivity index (χ2v) is 4.94. The molecule has 2 unspecified atom stereocenters. The Balaban J connectivity index is 4.53. The maximum Gasteiger partial charge on any atom is 0.0325 e. The molecule has 0 fully saturated rings. The summed E-state index contributed by atoms with van der Waals surface area (Å²) in [4.78, 5) is 2.33. The van der Waals surface area contributed by atoms with E-state index in [0.717, 1.165) is 19.3 Å². The normalized spacial score (nSPS) is 17.5. The van der Waals surface area contributed by atoms with E-state index < -0.39 is 0 Å². The molecule has 0 bridgehead atoms. The second kappa shape index (κ2) is 6.29. The highest BCUT2D eigenvalue weighted by atomic mass is 15.2. The monoisotopic (exact) mass is 212 g/mol. The third kappa shape index (κ3) is 3.96. The van der Waals surface area contributed by atoms with Crippen molar-refractivity contribution in [1.82, 2.24) is 10.2 Å². The molecule has 0 aromatic heterocycles.